The Kier molecular flexibility index (Phi) is 3.75. The second-order valence-electron chi connectivity index (χ2n) is 5.66. The van der Waals surface area contributed by atoms with Gasteiger partial charge in [0.15, 0.2) is 0 Å². The van der Waals surface area contributed by atoms with E-state index in [9.17, 15) is 0 Å². The summed E-state index contributed by atoms with van der Waals surface area (Å²) in [6.07, 6.45) is 2.62. The van der Waals surface area contributed by atoms with E-state index in [-0.39, 0.29) is 0 Å². The van der Waals surface area contributed by atoms with Gasteiger partial charge in [0.05, 0.1) is 0 Å². The molecule has 2 N–H and O–H groups in total. The first-order valence-corrected chi connectivity index (χ1v) is 7.38. The van der Waals surface area contributed by atoms with Crippen LogP contribution < -0.4 is 10.6 Å². The lowest BCUT2D eigenvalue weighted by Crippen LogP contribution is -2.25. The molecule has 2 aromatic rings. The SMILES string of the molecule is Cc1ccccc1CN(c1ccc(CN)cc1)C1CC1. The Balaban J connectivity index is 1.83. The molecule has 2 nitrogen and oxygen atoms in total. The summed E-state index contributed by atoms with van der Waals surface area (Å²) in [5.41, 5.74) is 11.0. The molecule has 1 fully saturated rings. The van der Waals surface area contributed by atoms with Crippen molar-refractivity contribution in [2.75, 3.05) is 4.90 Å². The van der Waals surface area contributed by atoms with Crippen LogP contribution in [-0.4, -0.2) is 6.04 Å². The maximum atomic E-state index is 5.68. The van der Waals surface area contributed by atoms with Crippen molar-refractivity contribution in [2.45, 2.75) is 38.9 Å². The van der Waals surface area contributed by atoms with Gasteiger partial charge in [0.1, 0.15) is 0 Å². The van der Waals surface area contributed by atoms with Crippen LogP contribution in [0.1, 0.15) is 29.5 Å². The van der Waals surface area contributed by atoms with Crippen LogP contribution in [0, 0.1) is 6.92 Å². The predicted octanol–water partition coefficient (Wildman–Crippen LogP) is 3.62. The second-order valence-corrected chi connectivity index (χ2v) is 5.66. The highest BCUT2D eigenvalue weighted by atomic mass is 15.2. The molecule has 0 radical (unpaired) electrons. The third kappa shape index (κ3) is 2.86. The number of anilines is 1. The molecular weight excluding hydrogens is 244 g/mol. The van der Waals surface area contributed by atoms with Gasteiger partial charge in [-0.1, -0.05) is 36.4 Å². The molecule has 0 amide bonds. The van der Waals surface area contributed by atoms with Gasteiger partial charge < -0.3 is 10.6 Å². The molecule has 0 aromatic heterocycles. The van der Waals surface area contributed by atoms with E-state index >= 15 is 0 Å². The molecular formula is C18H22N2. The molecule has 3 rings (SSSR count). The van der Waals surface area contributed by atoms with E-state index in [4.69, 9.17) is 5.73 Å². The van der Waals surface area contributed by atoms with Gasteiger partial charge in [-0.15, -0.1) is 0 Å². The van der Waals surface area contributed by atoms with Gasteiger partial charge in [-0.25, -0.2) is 0 Å². The Morgan fingerprint density at radius 1 is 1.05 bits per heavy atom. The van der Waals surface area contributed by atoms with Crippen LogP contribution in [0.2, 0.25) is 0 Å². The molecule has 2 aromatic carbocycles. The fraction of sp³-hybridized carbons (Fsp3) is 0.333. The summed E-state index contributed by atoms with van der Waals surface area (Å²) < 4.78 is 0. The van der Waals surface area contributed by atoms with Crippen molar-refractivity contribution < 1.29 is 0 Å². The molecule has 0 atom stereocenters. The van der Waals surface area contributed by atoms with Crippen molar-refractivity contribution in [3.8, 4) is 0 Å². The molecule has 1 aliphatic rings. The van der Waals surface area contributed by atoms with E-state index < -0.39 is 0 Å². The first-order valence-electron chi connectivity index (χ1n) is 7.38. The lowest BCUT2D eigenvalue weighted by atomic mass is 10.1. The zero-order valence-electron chi connectivity index (χ0n) is 12.0. The van der Waals surface area contributed by atoms with Crippen molar-refractivity contribution in [3.05, 3.63) is 65.2 Å². The number of rotatable bonds is 5. The van der Waals surface area contributed by atoms with Crippen molar-refractivity contribution in [1.82, 2.24) is 0 Å². The highest BCUT2D eigenvalue weighted by Crippen LogP contribution is 2.33. The van der Waals surface area contributed by atoms with Crippen LogP contribution in [0.5, 0.6) is 0 Å². The summed E-state index contributed by atoms with van der Waals surface area (Å²) in [6, 6.07) is 18.1. The lowest BCUT2D eigenvalue weighted by molar-refractivity contribution is 0.790. The van der Waals surface area contributed by atoms with Crippen molar-refractivity contribution in [2.24, 2.45) is 5.73 Å². The first kappa shape index (κ1) is 13.2. The number of aryl methyl sites for hydroxylation is 1. The van der Waals surface area contributed by atoms with Crippen LogP contribution in [0.3, 0.4) is 0 Å². The standard InChI is InChI=1S/C18H22N2/c1-14-4-2-3-5-16(14)13-20(18-10-11-18)17-8-6-15(12-19)7-9-17/h2-9,18H,10-13,19H2,1H3. The average molecular weight is 266 g/mol. The first-order chi connectivity index (χ1) is 9.78. The topological polar surface area (TPSA) is 29.3 Å². The van der Waals surface area contributed by atoms with Crippen LogP contribution in [0.25, 0.3) is 0 Å². The molecule has 0 spiro atoms. The largest absolute Gasteiger partial charge is 0.364 e. The van der Waals surface area contributed by atoms with Crippen molar-refractivity contribution in [3.63, 3.8) is 0 Å². The molecule has 0 heterocycles. The predicted molar refractivity (Wildman–Crippen MR) is 84.7 cm³/mol. The number of benzene rings is 2. The third-order valence-electron chi connectivity index (χ3n) is 4.09. The van der Waals surface area contributed by atoms with E-state index in [1.165, 1.54) is 35.2 Å². The summed E-state index contributed by atoms with van der Waals surface area (Å²) in [7, 11) is 0. The molecule has 104 valence electrons. The minimum Gasteiger partial charge on any atom is -0.364 e. The Morgan fingerprint density at radius 3 is 2.35 bits per heavy atom. The quantitative estimate of drug-likeness (QED) is 0.895. The van der Waals surface area contributed by atoms with Gasteiger partial charge in [-0.2, -0.15) is 0 Å². The van der Waals surface area contributed by atoms with Crippen LogP contribution in [0.15, 0.2) is 48.5 Å². The molecule has 1 aliphatic carbocycles. The van der Waals surface area contributed by atoms with Gasteiger partial charge in [-0.3, -0.25) is 0 Å². The Hall–Kier alpha value is -1.80. The minimum atomic E-state index is 0.613. The molecule has 20 heavy (non-hydrogen) atoms. The molecule has 0 saturated heterocycles. The smallest absolute Gasteiger partial charge is 0.0435 e. The molecule has 0 aliphatic heterocycles. The van der Waals surface area contributed by atoms with E-state index in [2.05, 4.69) is 60.4 Å². The number of hydrogen-bond acceptors (Lipinski definition) is 2. The molecule has 0 bridgehead atoms. The summed E-state index contributed by atoms with van der Waals surface area (Å²) in [5.74, 6) is 0. The van der Waals surface area contributed by atoms with Gasteiger partial charge in [0, 0.05) is 24.8 Å². The average Bonchev–Trinajstić information content (AvgIpc) is 3.31. The molecule has 1 saturated carbocycles. The summed E-state index contributed by atoms with van der Waals surface area (Å²) in [5, 5.41) is 0. The van der Waals surface area contributed by atoms with E-state index in [0.717, 1.165) is 6.54 Å². The maximum Gasteiger partial charge on any atom is 0.0435 e. The fourth-order valence-corrected chi connectivity index (χ4v) is 2.61. The highest BCUT2D eigenvalue weighted by Gasteiger charge is 2.29. The highest BCUT2D eigenvalue weighted by molar-refractivity contribution is 5.50. The number of nitrogens with two attached hydrogens (primary N) is 1. The summed E-state index contributed by atoms with van der Waals surface area (Å²) in [4.78, 5) is 2.53. The second kappa shape index (κ2) is 5.68. The Morgan fingerprint density at radius 2 is 1.75 bits per heavy atom. The monoisotopic (exact) mass is 266 g/mol. The lowest BCUT2D eigenvalue weighted by Gasteiger charge is -2.26. The maximum absolute atomic E-state index is 5.68. The normalized spacial score (nSPS) is 14.3. The molecule has 2 heteroatoms. The summed E-state index contributed by atoms with van der Waals surface area (Å²) in [6.45, 7) is 3.80. The number of nitrogens with zero attached hydrogens (tertiary/aromatic N) is 1. The Labute approximate surface area is 121 Å². The van der Waals surface area contributed by atoms with E-state index in [1.54, 1.807) is 0 Å². The van der Waals surface area contributed by atoms with Crippen LogP contribution in [-0.2, 0) is 13.1 Å². The van der Waals surface area contributed by atoms with Crippen molar-refractivity contribution in [1.29, 1.82) is 0 Å². The zero-order chi connectivity index (χ0) is 13.9. The third-order valence-corrected chi connectivity index (χ3v) is 4.09. The van der Waals surface area contributed by atoms with Crippen molar-refractivity contribution >= 4 is 5.69 Å². The Bertz CT molecular complexity index is 570. The van der Waals surface area contributed by atoms with Gasteiger partial charge in [0.25, 0.3) is 0 Å². The van der Waals surface area contributed by atoms with Gasteiger partial charge in [-0.05, 0) is 48.6 Å². The van der Waals surface area contributed by atoms with Crippen LogP contribution in [0.4, 0.5) is 5.69 Å². The molecule has 0 unspecified atom stereocenters. The number of hydrogen-bond donors (Lipinski definition) is 1. The minimum absolute atomic E-state index is 0.613. The van der Waals surface area contributed by atoms with Crippen LogP contribution >= 0.6 is 0 Å². The van der Waals surface area contributed by atoms with E-state index in [0.29, 0.717) is 12.6 Å². The zero-order valence-corrected chi connectivity index (χ0v) is 12.0. The van der Waals surface area contributed by atoms with Gasteiger partial charge in [0.2, 0.25) is 0 Å². The summed E-state index contributed by atoms with van der Waals surface area (Å²) >= 11 is 0. The van der Waals surface area contributed by atoms with E-state index in [1.807, 2.05) is 0 Å². The fourth-order valence-electron chi connectivity index (χ4n) is 2.61. The van der Waals surface area contributed by atoms with Gasteiger partial charge >= 0.3 is 0 Å².